The summed E-state index contributed by atoms with van der Waals surface area (Å²) in [5.74, 6) is 1.19. The number of piperidine rings is 1. The number of hydrogen-bond acceptors (Lipinski definition) is 8. The number of nitrogens with zero attached hydrogens (tertiary/aromatic N) is 3. The van der Waals surface area contributed by atoms with Crippen molar-refractivity contribution in [3.63, 3.8) is 0 Å². The topological polar surface area (TPSA) is 140 Å². The number of benzene rings is 1. The van der Waals surface area contributed by atoms with Crippen LogP contribution < -0.4 is 20.5 Å². The number of methoxy groups -OCH3 is 1. The molecular weight excluding hydrogens is 573 g/mol. The van der Waals surface area contributed by atoms with Gasteiger partial charge in [-0.1, -0.05) is 39.0 Å². The molecule has 4 rings (SSSR count). The number of carbonyl (C=O) groups is 1. The van der Waals surface area contributed by atoms with Gasteiger partial charge in [0.05, 0.1) is 30.3 Å². The van der Waals surface area contributed by atoms with Gasteiger partial charge in [-0.25, -0.2) is 23.5 Å². The van der Waals surface area contributed by atoms with Crippen LogP contribution in [-0.4, -0.2) is 68.7 Å². The minimum Gasteiger partial charge on any atom is -0.495 e. The number of carbonyl (C=O) groups excluding carboxylic acids is 1. The summed E-state index contributed by atoms with van der Waals surface area (Å²) in [5, 5.41) is 10.2. The fraction of sp³-hybridized carbons (Fsp3) is 0.607. The van der Waals surface area contributed by atoms with Crippen LogP contribution in [-0.2, 0) is 16.2 Å². The highest BCUT2D eigenvalue weighted by atomic mass is 32.2. The van der Waals surface area contributed by atoms with Crippen LogP contribution in [0.25, 0.3) is 0 Å². The minimum atomic E-state index is -4.51. The Labute approximate surface area is 246 Å². The Balaban J connectivity index is 0.000000426. The lowest BCUT2D eigenvalue weighted by Crippen LogP contribution is -2.43. The molecule has 14 heteroatoms. The zero-order valence-electron chi connectivity index (χ0n) is 24.9. The SMILES string of the molecule is CC1CCCCC1.COc1cc(C(=O)NC2CCN(C)CC2)ccc1Nc1ncc(C(F)(F)F)c(C)n1.CS(N)(=O)=O. The summed E-state index contributed by atoms with van der Waals surface area (Å²) in [6.45, 7) is 5.50. The molecule has 2 aromatic rings. The lowest BCUT2D eigenvalue weighted by atomic mass is 9.91. The summed E-state index contributed by atoms with van der Waals surface area (Å²) in [6.07, 6.45) is 6.39. The largest absolute Gasteiger partial charge is 0.495 e. The van der Waals surface area contributed by atoms with E-state index in [1.165, 1.54) is 46.1 Å². The number of alkyl halides is 3. The molecule has 1 amide bonds. The van der Waals surface area contributed by atoms with Crippen LogP contribution in [0.1, 0.15) is 73.5 Å². The maximum absolute atomic E-state index is 12.9. The summed E-state index contributed by atoms with van der Waals surface area (Å²) in [7, 11) is 0.328. The van der Waals surface area contributed by atoms with E-state index in [1.807, 2.05) is 0 Å². The van der Waals surface area contributed by atoms with E-state index in [1.54, 1.807) is 18.2 Å². The van der Waals surface area contributed by atoms with Gasteiger partial charge < -0.3 is 20.3 Å². The minimum absolute atomic E-state index is 0.00215. The molecule has 1 saturated heterocycles. The van der Waals surface area contributed by atoms with Crippen LogP contribution in [0.4, 0.5) is 24.8 Å². The van der Waals surface area contributed by atoms with Crippen molar-refractivity contribution in [2.75, 3.05) is 38.8 Å². The normalized spacial score (nSPS) is 16.8. The molecule has 1 aromatic heterocycles. The van der Waals surface area contributed by atoms with Crippen molar-refractivity contribution in [1.82, 2.24) is 20.2 Å². The van der Waals surface area contributed by atoms with E-state index < -0.39 is 21.8 Å². The fourth-order valence-electron chi connectivity index (χ4n) is 4.59. The van der Waals surface area contributed by atoms with Crippen molar-refractivity contribution < 1.29 is 31.1 Å². The van der Waals surface area contributed by atoms with E-state index in [-0.39, 0.29) is 23.6 Å². The summed E-state index contributed by atoms with van der Waals surface area (Å²) < 4.78 is 62.8. The first-order valence-electron chi connectivity index (χ1n) is 13.9. The third-order valence-corrected chi connectivity index (χ3v) is 6.94. The molecule has 2 heterocycles. The van der Waals surface area contributed by atoms with Crippen molar-refractivity contribution >= 4 is 27.6 Å². The standard InChI is InChI=1S/C20H24F3N5O2.C7H14.CH5NO2S/c1-12-15(20(21,22)23)11-24-19(25-12)27-16-5-4-13(10-17(16)30-3)18(29)26-14-6-8-28(2)9-7-14;1-7-5-3-2-4-6-7;1-5(2,3)4/h4-5,10-11,14H,6-9H2,1-3H3,(H,26,29)(H,24,25,27);7H,2-6H2,1H3;1H3,(H2,2,3,4). The van der Waals surface area contributed by atoms with E-state index in [4.69, 9.17) is 4.74 Å². The average Bonchev–Trinajstić information content (AvgIpc) is 2.89. The third kappa shape index (κ3) is 12.9. The molecule has 1 aliphatic carbocycles. The summed E-state index contributed by atoms with van der Waals surface area (Å²) in [5.41, 5.74) is -0.206. The number of amides is 1. The Morgan fingerprint density at radius 3 is 2.19 bits per heavy atom. The highest BCUT2D eigenvalue weighted by molar-refractivity contribution is 7.88. The lowest BCUT2D eigenvalue weighted by molar-refractivity contribution is -0.138. The Hall–Kier alpha value is -2.97. The molecule has 0 unspecified atom stereocenters. The molecule has 42 heavy (non-hydrogen) atoms. The van der Waals surface area contributed by atoms with Gasteiger partial charge in [-0.15, -0.1) is 0 Å². The number of primary sulfonamides is 1. The molecule has 1 aromatic carbocycles. The molecule has 4 N–H and O–H groups in total. The van der Waals surface area contributed by atoms with Gasteiger partial charge in [-0.2, -0.15) is 13.2 Å². The van der Waals surface area contributed by atoms with Crippen LogP contribution in [0.2, 0.25) is 0 Å². The quantitative estimate of drug-likeness (QED) is 0.432. The third-order valence-electron chi connectivity index (χ3n) is 6.94. The lowest BCUT2D eigenvalue weighted by Gasteiger charge is -2.29. The van der Waals surface area contributed by atoms with Crippen molar-refractivity contribution in [2.24, 2.45) is 11.1 Å². The van der Waals surface area contributed by atoms with Crippen molar-refractivity contribution in [2.45, 2.75) is 71.0 Å². The second-order valence-corrected chi connectivity index (χ2v) is 12.5. The molecule has 2 fully saturated rings. The molecule has 10 nitrogen and oxygen atoms in total. The predicted octanol–water partition coefficient (Wildman–Crippen LogP) is 4.87. The number of sulfonamides is 1. The first-order valence-corrected chi connectivity index (χ1v) is 15.8. The molecule has 2 aliphatic rings. The predicted molar refractivity (Wildman–Crippen MR) is 157 cm³/mol. The van der Waals surface area contributed by atoms with E-state index >= 15 is 0 Å². The number of nitrogens with two attached hydrogens (primary N) is 1. The van der Waals surface area contributed by atoms with Crippen LogP contribution >= 0.6 is 0 Å². The van der Waals surface area contributed by atoms with Gasteiger partial charge >= 0.3 is 6.18 Å². The van der Waals surface area contributed by atoms with Gasteiger partial charge in [-0.3, -0.25) is 4.79 Å². The van der Waals surface area contributed by atoms with Gasteiger partial charge in [0.25, 0.3) is 5.91 Å². The van der Waals surface area contributed by atoms with Crippen molar-refractivity contribution in [3.05, 3.63) is 41.2 Å². The van der Waals surface area contributed by atoms with Crippen LogP contribution in [0.5, 0.6) is 5.75 Å². The van der Waals surface area contributed by atoms with Gasteiger partial charge in [0, 0.05) is 17.8 Å². The number of ether oxygens (including phenoxy) is 1. The second-order valence-electron chi connectivity index (χ2n) is 10.9. The van der Waals surface area contributed by atoms with E-state index in [9.17, 15) is 26.4 Å². The number of halogens is 3. The fourth-order valence-corrected chi connectivity index (χ4v) is 4.59. The Kier molecular flexibility index (Phi) is 13.4. The van der Waals surface area contributed by atoms with E-state index in [2.05, 4.69) is 44.6 Å². The van der Waals surface area contributed by atoms with Gasteiger partial charge in [0.2, 0.25) is 16.0 Å². The zero-order valence-corrected chi connectivity index (χ0v) is 25.7. The van der Waals surface area contributed by atoms with Gasteiger partial charge in [0.15, 0.2) is 0 Å². The smallest absolute Gasteiger partial charge is 0.419 e. The van der Waals surface area contributed by atoms with Crippen LogP contribution in [0.3, 0.4) is 0 Å². The molecule has 0 atom stereocenters. The van der Waals surface area contributed by atoms with Crippen LogP contribution in [0, 0.1) is 12.8 Å². The summed E-state index contributed by atoms with van der Waals surface area (Å²) in [4.78, 5) is 22.4. The summed E-state index contributed by atoms with van der Waals surface area (Å²) in [6, 6.07) is 4.93. The van der Waals surface area contributed by atoms with E-state index in [0.29, 0.717) is 17.0 Å². The first-order chi connectivity index (χ1) is 19.6. The highest BCUT2D eigenvalue weighted by Gasteiger charge is 2.33. The number of hydrogen-bond donors (Lipinski definition) is 3. The molecular formula is C28H43F3N6O4S. The monoisotopic (exact) mass is 616 g/mol. The molecule has 1 saturated carbocycles. The van der Waals surface area contributed by atoms with Crippen molar-refractivity contribution in [1.29, 1.82) is 0 Å². The summed E-state index contributed by atoms with van der Waals surface area (Å²) >= 11 is 0. The number of nitrogens with one attached hydrogen (secondary N) is 2. The molecule has 0 radical (unpaired) electrons. The maximum atomic E-state index is 12.9. The first kappa shape index (κ1) is 35.2. The van der Waals surface area contributed by atoms with Gasteiger partial charge in [0.1, 0.15) is 5.75 Å². The number of aromatic nitrogens is 2. The van der Waals surface area contributed by atoms with E-state index in [0.717, 1.165) is 44.3 Å². The second kappa shape index (κ2) is 16.0. The maximum Gasteiger partial charge on any atom is 0.419 e. The molecule has 0 spiro atoms. The average molecular weight is 617 g/mol. The number of rotatable bonds is 5. The zero-order chi connectivity index (χ0) is 31.5. The highest BCUT2D eigenvalue weighted by Crippen LogP contribution is 2.32. The number of likely N-dealkylation sites (tertiary alicyclic amines) is 1. The number of aryl methyl sites for hydroxylation is 1. The molecule has 236 valence electrons. The Bertz CT molecular complexity index is 1250. The van der Waals surface area contributed by atoms with Crippen molar-refractivity contribution in [3.8, 4) is 5.75 Å². The Morgan fingerprint density at radius 1 is 1.12 bits per heavy atom. The van der Waals surface area contributed by atoms with Gasteiger partial charge in [-0.05, 0) is 64.0 Å². The molecule has 1 aliphatic heterocycles. The Morgan fingerprint density at radius 2 is 1.71 bits per heavy atom. The van der Waals surface area contributed by atoms with Crippen LogP contribution in [0.15, 0.2) is 24.4 Å². The number of anilines is 2. The molecule has 0 bridgehead atoms.